The van der Waals surface area contributed by atoms with E-state index in [4.69, 9.17) is 17.7 Å². The average molecular weight is 126 g/mol. The summed E-state index contributed by atoms with van der Waals surface area (Å²) in [6.07, 6.45) is 0.839. The SMILES string of the molecule is [B]C1C[C@@H](C)C(CO)O1. The number of rotatable bonds is 1. The van der Waals surface area contributed by atoms with Crippen LogP contribution in [0.25, 0.3) is 0 Å². The zero-order chi connectivity index (χ0) is 6.85. The Morgan fingerprint density at radius 3 is 2.67 bits per heavy atom. The van der Waals surface area contributed by atoms with E-state index in [0.717, 1.165) is 6.42 Å². The smallest absolute Gasteiger partial charge is 0.109 e. The minimum Gasteiger partial charge on any atom is -0.394 e. The van der Waals surface area contributed by atoms with Gasteiger partial charge in [-0.1, -0.05) is 6.92 Å². The molecule has 2 nitrogen and oxygen atoms in total. The first-order valence-electron chi connectivity index (χ1n) is 3.26. The van der Waals surface area contributed by atoms with Crippen LogP contribution in [-0.4, -0.2) is 31.7 Å². The standard InChI is InChI=1S/C6H11BO2/c1-4-2-6(7)9-5(4)3-8/h4-6,8H,2-3H2,1H3/t4-,5?,6?/m1/s1. The van der Waals surface area contributed by atoms with E-state index in [1.54, 1.807) is 0 Å². The lowest BCUT2D eigenvalue weighted by molar-refractivity contribution is 0.0293. The average Bonchev–Trinajstić information content (AvgIpc) is 2.10. The van der Waals surface area contributed by atoms with Crippen molar-refractivity contribution in [3.63, 3.8) is 0 Å². The molecule has 9 heavy (non-hydrogen) atoms. The van der Waals surface area contributed by atoms with Crippen LogP contribution in [-0.2, 0) is 4.74 Å². The molecule has 1 rings (SSSR count). The summed E-state index contributed by atoms with van der Waals surface area (Å²) in [5.41, 5.74) is 0. The van der Waals surface area contributed by atoms with Gasteiger partial charge in [0.05, 0.1) is 12.7 Å². The minimum absolute atomic E-state index is 0.0278. The van der Waals surface area contributed by atoms with Crippen molar-refractivity contribution in [3.05, 3.63) is 0 Å². The van der Waals surface area contributed by atoms with Gasteiger partial charge in [0, 0.05) is 6.00 Å². The van der Waals surface area contributed by atoms with Crippen LogP contribution in [0, 0.1) is 5.92 Å². The molecule has 1 N–H and O–H groups in total. The zero-order valence-corrected chi connectivity index (χ0v) is 5.58. The van der Waals surface area contributed by atoms with Crippen LogP contribution < -0.4 is 0 Å². The second kappa shape index (κ2) is 2.71. The lowest BCUT2D eigenvalue weighted by Gasteiger charge is -2.09. The number of hydrogen-bond acceptors (Lipinski definition) is 2. The molecular formula is C6H11BO2. The monoisotopic (exact) mass is 126 g/mol. The normalized spacial score (nSPS) is 43.6. The van der Waals surface area contributed by atoms with Gasteiger partial charge in [0.25, 0.3) is 0 Å². The highest BCUT2D eigenvalue weighted by Crippen LogP contribution is 2.23. The molecule has 1 aliphatic rings. The molecule has 0 amide bonds. The van der Waals surface area contributed by atoms with Crippen LogP contribution >= 0.6 is 0 Å². The molecule has 1 heterocycles. The molecule has 1 saturated heterocycles. The van der Waals surface area contributed by atoms with Gasteiger partial charge in [-0.05, 0) is 12.3 Å². The van der Waals surface area contributed by atoms with Crippen LogP contribution in [0.1, 0.15) is 13.3 Å². The Morgan fingerprint density at radius 2 is 2.44 bits per heavy atom. The lowest BCUT2D eigenvalue weighted by atomic mass is 9.92. The molecule has 50 valence electrons. The number of hydrogen-bond donors (Lipinski definition) is 1. The quantitative estimate of drug-likeness (QED) is 0.497. The van der Waals surface area contributed by atoms with Gasteiger partial charge in [0.2, 0.25) is 0 Å². The topological polar surface area (TPSA) is 29.5 Å². The van der Waals surface area contributed by atoms with Crippen LogP contribution in [0.5, 0.6) is 0 Å². The molecule has 3 heteroatoms. The van der Waals surface area contributed by atoms with Gasteiger partial charge in [0.15, 0.2) is 0 Å². The predicted octanol–water partition coefficient (Wildman–Crippen LogP) is -0.102. The van der Waals surface area contributed by atoms with Crippen LogP contribution in [0.4, 0.5) is 0 Å². The molecule has 0 aromatic carbocycles. The van der Waals surface area contributed by atoms with E-state index in [1.807, 2.05) is 6.92 Å². The van der Waals surface area contributed by atoms with E-state index < -0.39 is 0 Å². The maximum Gasteiger partial charge on any atom is 0.109 e. The van der Waals surface area contributed by atoms with E-state index >= 15 is 0 Å². The predicted molar refractivity (Wildman–Crippen MR) is 35.3 cm³/mol. The number of ether oxygens (including phenoxy) is 1. The molecule has 0 saturated carbocycles. The third kappa shape index (κ3) is 1.46. The molecule has 0 aromatic rings. The van der Waals surface area contributed by atoms with Crippen LogP contribution in [0.3, 0.4) is 0 Å². The Bertz CT molecular complexity index is 97.1. The van der Waals surface area contributed by atoms with Crippen molar-refractivity contribution in [1.29, 1.82) is 0 Å². The molecule has 1 fully saturated rings. The Kier molecular flexibility index (Phi) is 2.14. The second-order valence-electron chi connectivity index (χ2n) is 2.61. The van der Waals surface area contributed by atoms with Crippen LogP contribution in [0.2, 0.25) is 0 Å². The van der Waals surface area contributed by atoms with Gasteiger partial charge in [-0.3, -0.25) is 0 Å². The van der Waals surface area contributed by atoms with Crippen molar-refractivity contribution in [1.82, 2.24) is 0 Å². The highest BCUT2D eigenvalue weighted by atomic mass is 16.5. The summed E-state index contributed by atoms with van der Waals surface area (Å²) in [5.74, 6) is 0.407. The van der Waals surface area contributed by atoms with Crippen molar-refractivity contribution in [2.24, 2.45) is 5.92 Å². The lowest BCUT2D eigenvalue weighted by Crippen LogP contribution is -2.18. The van der Waals surface area contributed by atoms with Gasteiger partial charge in [0.1, 0.15) is 7.85 Å². The highest BCUT2D eigenvalue weighted by Gasteiger charge is 2.27. The molecule has 0 spiro atoms. The van der Waals surface area contributed by atoms with Gasteiger partial charge < -0.3 is 9.84 Å². The summed E-state index contributed by atoms with van der Waals surface area (Å²) >= 11 is 0. The second-order valence-corrected chi connectivity index (χ2v) is 2.61. The summed E-state index contributed by atoms with van der Waals surface area (Å²) in [5, 5.41) is 8.67. The third-order valence-corrected chi connectivity index (χ3v) is 1.77. The van der Waals surface area contributed by atoms with Crippen molar-refractivity contribution < 1.29 is 9.84 Å². The maximum absolute atomic E-state index is 8.67. The first-order valence-corrected chi connectivity index (χ1v) is 3.26. The van der Waals surface area contributed by atoms with Crippen molar-refractivity contribution in [2.45, 2.75) is 25.5 Å². The molecular weight excluding hydrogens is 115 g/mol. The Morgan fingerprint density at radius 1 is 1.78 bits per heavy atom. The summed E-state index contributed by atoms with van der Waals surface area (Å²) < 4.78 is 5.15. The number of aliphatic hydroxyl groups excluding tert-OH is 1. The maximum atomic E-state index is 8.67. The van der Waals surface area contributed by atoms with E-state index in [-0.39, 0.29) is 18.7 Å². The van der Waals surface area contributed by atoms with Gasteiger partial charge in [-0.15, -0.1) is 0 Å². The van der Waals surface area contributed by atoms with Gasteiger partial charge >= 0.3 is 0 Å². The van der Waals surface area contributed by atoms with E-state index in [0.29, 0.717) is 5.92 Å². The fourth-order valence-electron chi connectivity index (χ4n) is 1.16. The van der Waals surface area contributed by atoms with E-state index in [1.165, 1.54) is 0 Å². The largest absolute Gasteiger partial charge is 0.394 e. The summed E-state index contributed by atoms with van der Waals surface area (Å²) in [4.78, 5) is 0. The molecule has 2 radical (unpaired) electrons. The van der Waals surface area contributed by atoms with Crippen LogP contribution in [0.15, 0.2) is 0 Å². The van der Waals surface area contributed by atoms with Crippen molar-refractivity contribution in [2.75, 3.05) is 6.61 Å². The molecule has 1 aliphatic heterocycles. The summed E-state index contributed by atoms with van der Waals surface area (Å²) in [6.45, 7) is 2.13. The molecule has 0 aliphatic carbocycles. The fraction of sp³-hybridized carbons (Fsp3) is 1.00. The molecule has 3 atom stereocenters. The molecule has 2 unspecified atom stereocenters. The minimum atomic E-state index is -0.155. The van der Waals surface area contributed by atoms with Crippen molar-refractivity contribution in [3.8, 4) is 0 Å². The van der Waals surface area contributed by atoms with E-state index in [2.05, 4.69) is 0 Å². The summed E-state index contributed by atoms with van der Waals surface area (Å²) in [6, 6.07) is -0.155. The molecule has 0 aromatic heterocycles. The first-order chi connectivity index (χ1) is 4.24. The molecule has 0 bridgehead atoms. The Hall–Kier alpha value is -0.0151. The Labute approximate surface area is 56.6 Å². The zero-order valence-electron chi connectivity index (χ0n) is 5.58. The van der Waals surface area contributed by atoms with Crippen molar-refractivity contribution >= 4 is 7.85 Å². The first kappa shape index (κ1) is 7.10. The highest BCUT2D eigenvalue weighted by molar-refractivity contribution is 6.11. The van der Waals surface area contributed by atoms with E-state index in [9.17, 15) is 0 Å². The third-order valence-electron chi connectivity index (χ3n) is 1.77. The fourth-order valence-corrected chi connectivity index (χ4v) is 1.16. The summed E-state index contributed by atoms with van der Waals surface area (Å²) in [7, 11) is 5.46. The number of aliphatic hydroxyl groups is 1. The Balaban J connectivity index is 2.38. The van der Waals surface area contributed by atoms with Gasteiger partial charge in [-0.2, -0.15) is 0 Å². The van der Waals surface area contributed by atoms with Gasteiger partial charge in [-0.25, -0.2) is 0 Å².